The van der Waals surface area contributed by atoms with Crippen molar-refractivity contribution in [1.29, 1.82) is 0 Å². The second-order valence-electron chi connectivity index (χ2n) is 11.8. The van der Waals surface area contributed by atoms with Crippen LogP contribution in [0.15, 0.2) is 60.8 Å². The molecule has 1 N–H and O–H groups in total. The van der Waals surface area contributed by atoms with Gasteiger partial charge in [-0.05, 0) is 79.3 Å². The van der Waals surface area contributed by atoms with Gasteiger partial charge in [-0.25, -0.2) is 9.97 Å². The number of hydrogen-bond donors (Lipinski definition) is 1. The van der Waals surface area contributed by atoms with Crippen molar-refractivity contribution in [2.45, 2.75) is 52.5 Å². The largest absolute Gasteiger partial charge is 0.418 e. The van der Waals surface area contributed by atoms with Crippen molar-refractivity contribution < 1.29 is 26.3 Å². The van der Waals surface area contributed by atoms with E-state index in [2.05, 4.69) is 36.0 Å². The Morgan fingerprint density at radius 1 is 0.952 bits per heavy atom. The van der Waals surface area contributed by atoms with Crippen molar-refractivity contribution in [2.24, 2.45) is 11.3 Å². The molecule has 222 valence electrons. The maximum Gasteiger partial charge on any atom is 0.418 e. The van der Waals surface area contributed by atoms with Crippen LogP contribution in [0.3, 0.4) is 0 Å². The number of alkyl halides is 6. The third-order valence-electron chi connectivity index (χ3n) is 7.46. The molecule has 4 aromatic rings. The second-order valence-corrected chi connectivity index (χ2v) is 11.8. The topological polar surface area (TPSA) is 53.9 Å². The van der Waals surface area contributed by atoms with E-state index in [4.69, 9.17) is 9.97 Å². The highest BCUT2D eigenvalue weighted by Crippen LogP contribution is 2.38. The number of halogens is 6. The molecule has 0 amide bonds. The van der Waals surface area contributed by atoms with E-state index in [1.165, 1.54) is 30.5 Å². The van der Waals surface area contributed by atoms with Gasteiger partial charge in [0.2, 0.25) is 0 Å². The fraction of sp³-hybridized carbons (Fsp3) is 0.387. The Hall–Kier alpha value is -3.73. The fourth-order valence-electron chi connectivity index (χ4n) is 5.77. The highest BCUT2D eigenvalue weighted by molar-refractivity contribution is 5.93. The molecule has 2 aromatic heterocycles. The van der Waals surface area contributed by atoms with Gasteiger partial charge >= 0.3 is 12.4 Å². The van der Waals surface area contributed by atoms with Crippen LogP contribution in [0.4, 0.5) is 37.8 Å². The first-order valence-corrected chi connectivity index (χ1v) is 13.7. The molecule has 42 heavy (non-hydrogen) atoms. The number of hydrogen-bond acceptors (Lipinski definition) is 5. The predicted octanol–water partition coefficient (Wildman–Crippen LogP) is 8.73. The quantitative estimate of drug-likeness (QED) is 0.237. The van der Waals surface area contributed by atoms with Gasteiger partial charge in [0.25, 0.3) is 0 Å². The van der Waals surface area contributed by atoms with Crippen molar-refractivity contribution in [1.82, 2.24) is 19.9 Å². The normalized spacial score (nSPS) is 18.2. The maximum absolute atomic E-state index is 13.8. The lowest BCUT2D eigenvalue weighted by Crippen LogP contribution is -2.32. The fourth-order valence-corrected chi connectivity index (χ4v) is 5.77. The lowest BCUT2D eigenvalue weighted by Gasteiger charge is -2.29. The van der Waals surface area contributed by atoms with Crippen LogP contribution in [-0.2, 0) is 18.9 Å². The highest BCUT2D eigenvalue weighted by Gasteiger charge is 2.34. The van der Waals surface area contributed by atoms with E-state index in [-0.39, 0.29) is 16.7 Å². The van der Waals surface area contributed by atoms with Crippen molar-refractivity contribution >= 4 is 22.4 Å². The SMILES string of the molecule is CC1CCN(Cc2nc(Nc3ccc(C(F)(F)F)cc3)c3ccc(-c4ncccc4C(F)(F)F)cc3n2)CC(C)(C)C1. The number of pyridine rings is 1. The van der Waals surface area contributed by atoms with E-state index in [0.29, 0.717) is 40.7 Å². The first-order chi connectivity index (χ1) is 19.7. The summed E-state index contributed by atoms with van der Waals surface area (Å²) in [5.74, 6) is 1.36. The molecule has 3 heterocycles. The molecular weight excluding hydrogens is 556 g/mol. The van der Waals surface area contributed by atoms with E-state index >= 15 is 0 Å². The Morgan fingerprint density at radius 2 is 1.69 bits per heavy atom. The summed E-state index contributed by atoms with van der Waals surface area (Å²) >= 11 is 0. The van der Waals surface area contributed by atoms with Gasteiger partial charge in [0.15, 0.2) is 0 Å². The van der Waals surface area contributed by atoms with E-state index in [9.17, 15) is 26.3 Å². The first kappa shape index (κ1) is 29.8. The summed E-state index contributed by atoms with van der Waals surface area (Å²) in [6.45, 7) is 8.75. The standard InChI is InChI=1S/C31H31F6N5/c1-19-12-14-42(18-29(2,3)16-19)17-26-40-25-15-20(27-24(31(35,36)37)5-4-13-38-27)6-11-23(25)28(41-26)39-22-9-7-21(8-10-22)30(32,33)34/h4-11,13,15,19H,12,14,16-18H2,1-3H3,(H,39,40,41). The molecule has 1 aliphatic rings. The van der Waals surface area contributed by atoms with Gasteiger partial charge in [-0.15, -0.1) is 0 Å². The molecule has 5 rings (SSSR count). The van der Waals surface area contributed by atoms with Crippen LogP contribution < -0.4 is 5.32 Å². The first-order valence-electron chi connectivity index (χ1n) is 13.7. The Kier molecular flexibility index (Phi) is 7.91. The molecule has 11 heteroatoms. The summed E-state index contributed by atoms with van der Waals surface area (Å²) in [7, 11) is 0. The van der Waals surface area contributed by atoms with Gasteiger partial charge < -0.3 is 5.32 Å². The molecule has 0 spiro atoms. The third kappa shape index (κ3) is 6.83. The number of fused-ring (bicyclic) bond motifs is 1. The monoisotopic (exact) mass is 587 g/mol. The van der Waals surface area contributed by atoms with Gasteiger partial charge in [0, 0.05) is 29.4 Å². The minimum atomic E-state index is -4.60. The lowest BCUT2D eigenvalue weighted by atomic mass is 9.83. The van der Waals surface area contributed by atoms with Crippen molar-refractivity contribution in [3.8, 4) is 11.3 Å². The van der Waals surface area contributed by atoms with Gasteiger partial charge in [0.1, 0.15) is 11.6 Å². The zero-order chi connectivity index (χ0) is 30.3. The van der Waals surface area contributed by atoms with Crippen LogP contribution >= 0.6 is 0 Å². The minimum Gasteiger partial charge on any atom is -0.340 e. The Bertz CT molecular complexity index is 1560. The summed E-state index contributed by atoms with van der Waals surface area (Å²) in [5.41, 5.74) is -0.756. The smallest absolute Gasteiger partial charge is 0.340 e. The summed E-state index contributed by atoms with van der Waals surface area (Å²) < 4.78 is 80.5. The number of nitrogens with one attached hydrogen (secondary N) is 1. The molecule has 2 aromatic carbocycles. The van der Waals surface area contributed by atoms with Gasteiger partial charge in [-0.3, -0.25) is 9.88 Å². The minimum absolute atomic E-state index is 0.0776. The summed E-state index contributed by atoms with van der Waals surface area (Å²) in [6.07, 6.45) is -5.67. The number of likely N-dealkylation sites (tertiary alicyclic amines) is 1. The third-order valence-corrected chi connectivity index (χ3v) is 7.46. The molecule has 0 saturated carbocycles. The average molecular weight is 588 g/mol. The molecule has 5 nitrogen and oxygen atoms in total. The number of nitrogens with zero attached hydrogens (tertiary/aromatic N) is 4. The zero-order valence-corrected chi connectivity index (χ0v) is 23.4. The van der Waals surface area contributed by atoms with Crippen LogP contribution in [0, 0.1) is 11.3 Å². The Labute approximate surface area is 240 Å². The van der Waals surface area contributed by atoms with Crippen LogP contribution in [0.25, 0.3) is 22.2 Å². The molecule has 0 aliphatic carbocycles. The molecule has 1 atom stereocenters. The molecule has 1 aliphatic heterocycles. The number of aromatic nitrogens is 3. The second kappa shape index (κ2) is 11.2. The van der Waals surface area contributed by atoms with Crippen LogP contribution in [-0.4, -0.2) is 32.9 Å². The Balaban J connectivity index is 1.57. The van der Waals surface area contributed by atoms with Gasteiger partial charge in [-0.2, -0.15) is 26.3 Å². The van der Waals surface area contributed by atoms with Crippen molar-refractivity contribution in [3.63, 3.8) is 0 Å². The summed E-state index contributed by atoms with van der Waals surface area (Å²) in [6, 6.07) is 11.5. The average Bonchev–Trinajstić information content (AvgIpc) is 3.03. The maximum atomic E-state index is 13.8. The van der Waals surface area contributed by atoms with Crippen molar-refractivity contribution in [3.05, 3.63) is 77.7 Å². The van der Waals surface area contributed by atoms with Crippen LogP contribution in [0.5, 0.6) is 0 Å². The van der Waals surface area contributed by atoms with E-state index in [1.807, 2.05) is 0 Å². The van der Waals surface area contributed by atoms with E-state index in [1.54, 1.807) is 12.1 Å². The van der Waals surface area contributed by atoms with Crippen LogP contribution in [0.2, 0.25) is 0 Å². The molecule has 0 bridgehead atoms. The lowest BCUT2D eigenvalue weighted by molar-refractivity contribution is -0.138. The summed E-state index contributed by atoms with van der Waals surface area (Å²) in [5, 5.41) is 3.61. The van der Waals surface area contributed by atoms with Crippen LogP contribution in [0.1, 0.15) is 50.6 Å². The zero-order valence-electron chi connectivity index (χ0n) is 23.4. The molecule has 1 saturated heterocycles. The molecular formula is C31H31F6N5. The number of anilines is 2. The predicted molar refractivity (Wildman–Crippen MR) is 150 cm³/mol. The van der Waals surface area contributed by atoms with E-state index < -0.39 is 23.5 Å². The molecule has 1 unspecified atom stereocenters. The Morgan fingerprint density at radius 3 is 2.38 bits per heavy atom. The number of benzene rings is 2. The molecule has 1 fully saturated rings. The highest BCUT2D eigenvalue weighted by atomic mass is 19.4. The van der Waals surface area contributed by atoms with E-state index in [0.717, 1.165) is 44.1 Å². The van der Waals surface area contributed by atoms with Gasteiger partial charge in [0.05, 0.1) is 28.9 Å². The summed E-state index contributed by atoms with van der Waals surface area (Å²) in [4.78, 5) is 15.8. The van der Waals surface area contributed by atoms with Crippen molar-refractivity contribution in [2.75, 3.05) is 18.4 Å². The van der Waals surface area contributed by atoms with Gasteiger partial charge in [-0.1, -0.05) is 26.8 Å². The molecule has 0 radical (unpaired) electrons. The number of rotatable bonds is 5.